The smallest absolute Gasteiger partial charge is 0.266 e. The minimum atomic E-state index is -4.22. The number of H-pyrrole nitrogens is 1. The Kier molecular flexibility index (Phi) is 7.57. The van der Waals surface area contributed by atoms with Gasteiger partial charge in [-0.3, -0.25) is 9.82 Å². The molecule has 3 N–H and O–H groups in total. The highest BCUT2D eigenvalue weighted by Crippen LogP contribution is 2.36. The molecule has 0 amide bonds. The third-order valence-corrected chi connectivity index (χ3v) is 7.32. The van der Waals surface area contributed by atoms with E-state index in [1.54, 1.807) is 36.0 Å². The van der Waals surface area contributed by atoms with Crippen LogP contribution in [0.5, 0.6) is 11.5 Å². The minimum Gasteiger partial charge on any atom is -0.455 e. The van der Waals surface area contributed by atoms with Crippen LogP contribution in [0.25, 0.3) is 0 Å². The van der Waals surface area contributed by atoms with Gasteiger partial charge in [-0.15, -0.1) is 11.3 Å². The summed E-state index contributed by atoms with van der Waals surface area (Å²) < 4.78 is 48.0. The predicted octanol–water partition coefficient (Wildman–Crippen LogP) is 5.95. The van der Waals surface area contributed by atoms with Crippen molar-refractivity contribution >= 4 is 55.4 Å². The number of halogens is 3. The van der Waals surface area contributed by atoms with E-state index in [1.165, 1.54) is 6.20 Å². The van der Waals surface area contributed by atoms with Gasteiger partial charge in [0.1, 0.15) is 22.2 Å². The molecule has 0 unspecified atom stereocenters. The fourth-order valence-corrected chi connectivity index (χ4v) is 5.40. The summed E-state index contributed by atoms with van der Waals surface area (Å²) in [6.07, 6.45) is 6.23. The van der Waals surface area contributed by atoms with Gasteiger partial charge in [0.15, 0.2) is 5.13 Å². The number of hydrogen-bond acceptors (Lipinski definition) is 7. The van der Waals surface area contributed by atoms with E-state index in [4.69, 9.17) is 27.9 Å². The third kappa shape index (κ3) is 5.98. The molecular formula is C21H18Cl2FN5O3S2. The lowest BCUT2D eigenvalue weighted by atomic mass is 10.1. The van der Waals surface area contributed by atoms with Crippen molar-refractivity contribution in [2.75, 3.05) is 16.6 Å². The molecule has 0 radical (unpaired) electrons. The summed E-state index contributed by atoms with van der Waals surface area (Å²) in [4.78, 5) is 3.23. The van der Waals surface area contributed by atoms with Gasteiger partial charge in [-0.25, -0.2) is 17.8 Å². The number of thiazole rings is 1. The van der Waals surface area contributed by atoms with Crippen LogP contribution in [0.15, 0.2) is 59.2 Å². The van der Waals surface area contributed by atoms with Crippen molar-refractivity contribution in [1.82, 2.24) is 15.2 Å². The molecule has 0 spiro atoms. The molecule has 34 heavy (non-hydrogen) atoms. The average molecular weight is 542 g/mol. The number of aryl methyl sites for hydroxylation is 1. The summed E-state index contributed by atoms with van der Waals surface area (Å²) in [5.74, 6) is -0.596. The van der Waals surface area contributed by atoms with E-state index in [9.17, 15) is 12.8 Å². The molecule has 0 aliphatic heterocycles. The van der Waals surface area contributed by atoms with Crippen LogP contribution in [0.1, 0.15) is 12.0 Å². The van der Waals surface area contributed by atoms with Crippen molar-refractivity contribution in [3.05, 3.63) is 75.7 Å². The van der Waals surface area contributed by atoms with Crippen LogP contribution in [0.2, 0.25) is 10.0 Å². The van der Waals surface area contributed by atoms with Gasteiger partial charge in [0.25, 0.3) is 10.0 Å². The quantitative estimate of drug-likeness (QED) is 0.214. The predicted molar refractivity (Wildman–Crippen MR) is 131 cm³/mol. The number of nitrogens with zero attached hydrogens (tertiary/aromatic N) is 2. The van der Waals surface area contributed by atoms with E-state index in [-0.39, 0.29) is 15.9 Å². The number of nitrogens with one attached hydrogen (secondary N) is 3. The molecule has 0 aliphatic rings. The van der Waals surface area contributed by atoms with Gasteiger partial charge in [-0.2, -0.15) is 5.10 Å². The Hall–Kier alpha value is -2.86. The van der Waals surface area contributed by atoms with Gasteiger partial charge in [0.05, 0.1) is 16.9 Å². The van der Waals surface area contributed by atoms with Crippen LogP contribution in [0.3, 0.4) is 0 Å². The summed E-state index contributed by atoms with van der Waals surface area (Å²) >= 11 is 13.5. The summed E-state index contributed by atoms with van der Waals surface area (Å²) in [6, 6.07) is 7.01. The molecule has 2 aromatic heterocycles. The second-order valence-corrected chi connectivity index (χ2v) is 10.4. The van der Waals surface area contributed by atoms with Crippen molar-refractivity contribution in [3.8, 4) is 11.5 Å². The van der Waals surface area contributed by atoms with Gasteiger partial charge in [-0.1, -0.05) is 23.2 Å². The van der Waals surface area contributed by atoms with Crippen LogP contribution >= 0.6 is 34.5 Å². The number of ether oxygens (including phenoxy) is 1. The molecule has 8 nitrogen and oxygen atoms in total. The van der Waals surface area contributed by atoms with E-state index in [2.05, 4.69) is 25.2 Å². The van der Waals surface area contributed by atoms with Gasteiger partial charge in [-0.05, 0) is 42.7 Å². The molecule has 2 aromatic carbocycles. The van der Waals surface area contributed by atoms with Crippen molar-refractivity contribution < 1.29 is 17.5 Å². The molecule has 4 rings (SSSR count). The average Bonchev–Trinajstić information content (AvgIpc) is 3.49. The van der Waals surface area contributed by atoms with Crippen molar-refractivity contribution in [1.29, 1.82) is 0 Å². The van der Waals surface area contributed by atoms with Crippen molar-refractivity contribution in [2.45, 2.75) is 17.7 Å². The molecular weight excluding hydrogens is 524 g/mol. The largest absolute Gasteiger partial charge is 0.455 e. The van der Waals surface area contributed by atoms with E-state index in [0.717, 1.165) is 41.1 Å². The number of benzene rings is 2. The van der Waals surface area contributed by atoms with Crippen LogP contribution in [-0.4, -0.2) is 30.1 Å². The number of aromatic nitrogens is 3. The molecule has 0 aliphatic carbocycles. The molecule has 0 saturated carbocycles. The molecule has 13 heteroatoms. The first-order valence-corrected chi connectivity index (χ1v) is 13.0. The van der Waals surface area contributed by atoms with Crippen molar-refractivity contribution in [2.24, 2.45) is 0 Å². The molecule has 2 heterocycles. The summed E-state index contributed by atoms with van der Waals surface area (Å²) in [6.45, 7) is 0.680. The topological polar surface area (TPSA) is 109 Å². The summed E-state index contributed by atoms with van der Waals surface area (Å²) in [7, 11) is -4.22. The standard InChI is InChI=1S/C21H18Cl2FN5O3S2/c22-14-3-4-18(13(8-14)2-1-5-25-15-11-27-28-12-15)32-19-10-17(24)20(9-16(19)23)34(30,31)29-21-26-6-7-33-21/h3-4,6-12,25H,1-2,5H2,(H,26,29)(H,27,28). The van der Waals surface area contributed by atoms with Crippen molar-refractivity contribution in [3.63, 3.8) is 0 Å². The normalized spacial score (nSPS) is 11.4. The zero-order valence-corrected chi connectivity index (χ0v) is 20.5. The Bertz CT molecular complexity index is 1370. The number of aromatic amines is 1. The Morgan fingerprint density at radius 3 is 2.76 bits per heavy atom. The fourth-order valence-electron chi connectivity index (χ4n) is 3.06. The van der Waals surface area contributed by atoms with Crippen LogP contribution in [0, 0.1) is 5.82 Å². The molecule has 0 fully saturated rings. The third-order valence-electron chi connectivity index (χ3n) is 4.62. The molecule has 0 saturated heterocycles. The maximum atomic E-state index is 14.8. The first-order valence-electron chi connectivity index (χ1n) is 9.92. The number of sulfonamides is 1. The lowest BCUT2D eigenvalue weighted by Crippen LogP contribution is -2.14. The number of anilines is 2. The highest BCUT2D eigenvalue weighted by molar-refractivity contribution is 7.93. The second-order valence-electron chi connectivity index (χ2n) is 7.03. The molecule has 4 aromatic rings. The number of rotatable bonds is 10. The van der Waals surface area contributed by atoms with E-state index < -0.39 is 20.7 Å². The fraction of sp³-hybridized carbons (Fsp3) is 0.143. The van der Waals surface area contributed by atoms with Gasteiger partial charge < -0.3 is 10.1 Å². The summed E-state index contributed by atoms with van der Waals surface area (Å²) in [5, 5.41) is 12.0. The van der Waals surface area contributed by atoms with Gasteiger partial charge >= 0.3 is 0 Å². The maximum absolute atomic E-state index is 14.8. The van der Waals surface area contributed by atoms with Crippen LogP contribution in [0.4, 0.5) is 15.2 Å². The number of hydrogen-bond donors (Lipinski definition) is 3. The highest BCUT2D eigenvalue weighted by atomic mass is 35.5. The van der Waals surface area contributed by atoms with E-state index in [0.29, 0.717) is 23.7 Å². The SMILES string of the molecule is O=S(=O)(Nc1nccs1)c1cc(Cl)c(Oc2ccc(Cl)cc2CCCNc2cn[nH]c2)cc1F. The first-order chi connectivity index (χ1) is 16.3. The van der Waals surface area contributed by atoms with Crippen LogP contribution < -0.4 is 14.8 Å². The zero-order valence-electron chi connectivity index (χ0n) is 17.4. The summed E-state index contributed by atoms with van der Waals surface area (Å²) in [5.41, 5.74) is 1.67. The van der Waals surface area contributed by atoms with Gasteiger partial charge in [0, 0.05) is 35.4 Å². The van der Waals surface area contributed by atoms with E-state index >= 15 is 0 Å². The highest BCUT2D eigenvalue weighted by Gasteiger charge is 2.23. The van der Waals surface area contributed by atoms with Crippen LogP contribution in [-0.2, 0) is 16.4 Å². The Morgan fingerprint density at radius 2 is 2.03 bits per heavy atom. The van der Waals surface area contributed by atoms with E-state index in [1.807, 2.05) is 0 Å². The minimum absolute atomic E-state index is 0.0209. The maximum Gasteiger partial charge on any atom is 0.266 e. The first kappa shape index (κ1) is 24.3. The van der Waals surface area contributed by atoms with Gasteiger partial charge in [0.2, 0.25) is 0 Å². The zero-order chi connectivity index (χ0) is 24.1. The molecule has 178 valence electrons. The Balaban J connectivity index is 1.50. The molecule has 0 atom stereocenters. The Labute approximate surface area is 209 Å². The molecule has 0 bridgehead atoms. The monoisotopic (exact) mass is 541 g/mol. The second kappa shape index (κ2) is 10.6. The Morgan fingerprint density at radius 1 is 1.18 bits per heavy atom. The lowest BCUT2D eigenvalue weighted by molar-refractivity contribution is 0.467. The lowest BCUT2D eigenvalue weighted by Gasteiger charge is -2.14.